The van der Waals surface area contributed by atoms with Crippen LogP contribution in [0.1, 0.15) is 6.92 Å². The van der Waals surface area contributed by atoms with E-state index in [2.05, 4.69) is 5.32 Å². The van der Waals surface area contributed by atoms with Crippen LogP contribution in [0.15, 0.2) is 11.6 Å². The summed E-state index contributed by atoms with van der Waals surface area (Å²) in [6.07, 6.45) is -5.22. The van der Waals surface area contributed by atoms with E-state index in [-0.39, 0.29) is 12.2 Å². The normalized spacial score (nSPS) is 48.0. The highest BCUT2D eigenvalue weighted by Crippen LogP contribution is 2.23. The molecular formula is C13H23NO7. The van der Waals surface area contributed by atoms with Crippen molar-refractivity contribution in [2.24, 2.45) is 0 Å². The number of hydrogen-bond donors (Lipinski definition) is 7. The SMILES string of the molecule is C[C@H]1OC[C@H](O)[C@@H](O)[C@@H]1N[C@@H]1C=C(CO)[C@@H](O)[C@H](O)[C@H]1O. The second-order valence-electron chi connectivity index (χ2n) is 5.64. The molecule has 7 N–H and O–H groups in total. The molecule has 21 heavy (non-hydrogen) atoms. The summed E-state index contributed by atoms with van der Waals surface area (Å²) in [5.74, 6) is 0. The van der Waals surface area contributed by atoms with Gasteiger partial charge in [-0.2, -0.15) is 0 Å². The van der Waals surface area contributed by atoms with Crippen LogP contribution in [0.4, 0.5) is 0 Å². The maximum Gasteiger partial charge on any atom is 0.111 e. The summed E-state index contributed by atoms with van der Waals surface area (Å²) in [4.78, 5) is 0. The molecule has 8 heteroatoms. The Kier molecular flexibility index (Phi) is 5.33. The fourth-order valence-electron chi connectivity index (χ4n) is 2.77. The molecule has 0 aromatic heterocycles. The molecule has 0 saturated carbocycles. The fraction of sp³-hybridized carbons (Fsp3) is 0.846. The average Bonchev–Trinajstić information content (AvgIpc) is 2.47. The summed E-state index contributed by atoms with van der Waals surface area (Å²) < 4.78 is 5.31. The average molecular weight is 305 g/mol. The van der Waals surface area contributed by atoms with Gasteiger partial charge in [0, 0.05) is 0 Å². The van der Waals surface area contributed by atoms with Crippen molar-refractivity contribution in [2.45, 2.75) is 55.6 Å². The molecule has 1 saturated heterocycles. The number of ether oxygens (including phenoxy) is 1. The minimum atomic E-state index is -1.45. The number of nitrogens with one attached hydrogen (secondary N) is 1. The molecule has 8 nitrogen and oxygen atoms in total. The molecule has 0 bridgehead atoms. The first-order valence-electron chi connectivity index (χ1n) is 6.96. The van der Waals surface area contributed by atoms with Crippen LogP contribution in [-0.2, 0) is 4.74 Å². The van der Waals surface area contributed by atoms with Crippen LogP contribution in [0, 0.1) is 0 Å². The molecule has 1 heterocycles. The van der Waals surface area contributed by atoms with Crippen molar-refractivity contribution >= 4 is 0 Å². The molecule has 122 valence electrons. The van der Waals surface area contributed by atoms with Gasteiger partial charge in [-0.15, -0.1) is 0 Å². The highest BCUT2D eigenvalue weighted by Gasteiger charge is 2.42. The Labute approximate surface area is 122 Å². The molecule has 0 spiro atoms. The van der Waals surface area contributed by atoms with Crippen molar-refractivity contribution in [2.75, 3.05) is 13.2 Å². The second kappa shape index (κ2) is 6.67. The van der Waals surface area contributed by atoms with Crippen molar-refractivity contribution in [1.82, 2.24) is 5.32 Å². The van der Waals surface area contributed by atoms with E-state index in [0.29, 0.717) is 0 Å². The maximum absolute atomic E-state index is 10.0. The molecule has 8 atom stereocenters. The van der Waals surface area contributed by atoms with Gasteiger partial charge in [-0.3, -0.25) is 0 Å². The van der Waals surface area contributed by atoms with Gasteiger partial charge in [-0.25, -0.2) is 0 Å². The van der Waals surface area contributed by atoms with E-state index in [1.54, 1.807) is 6.92 Å². The van der Waals surface area contributed by atoms with Crippen molar-refractivity contribution in [3.8, 4) is 0 Å². The second-order valence-corrected chi connectivity index (χ2v) is 5.64. The largest absolute Gasteiger partial charge is 0.392 e. The van der Waals surface area contributed by atoms with Crippen molar-refractivity contribution in [1.29, 1.82) is 0 Å². The van der Waals surface area contributed by atoms with Gasteiger partial charge in [0.05, 0.1) is 37.5 Å². The highest BCUT2D eigenvalue weighted by molar-refractivity contribution is 5.22. The van der Waals surface area contributed by atoms with E-state index in [1.165, 1.54) is 6.08 Å². The lowest BCUT2D eigenvalue weighted by molar-refractivity contribution is -0.141. The maximum atomic E-state index is 10.0. The Bertz CT molecular complexity index is 391. The van der Waals surface area contributed by atoms with Gasteiger partial charge >= 0.3 is 0 Å². The third kappa shape index (κ3) is 3.27. The van der Waals surface area contributed by atoms with Crippen LogP contribution in [0.25, 0.3) is 0 Å². The molecule has 0 aromatic rings. The summed E-state index contributed by atoms with van der Waals surface area (Å²) in [5.41, 5.74) is 0.185. The zero-order valence-electron chi connectivity index (χ0n) is 11.7. The first-order valence-corrected chi connectivity index (χ1v) is 6.96. The van der Waals surface area contributed by atoms with Gasteiger partial charge in [0.15, 0.2) is 0 Å². The molecule has 2 aliphatic rings. The van der Waals surface area contributed by atoms with Gasteiger partial charge in [-0.05, 0) is 12.5 Å². The monoisotopic (exact) mass is 305 g/mol. The predicted molar refractivity (Wildman–Crippen MR) is 71.3 cm³/mol. The molecule has 1 fully saturated rings. The van der Waals surface area contributed by atoms with Gasteiger partial charge in [0.2, 0.25) is 0 Å². The van der Waals surface area contributed by atoms with Gasteiger partial charge in [-0.1, -0.05) is 6.08 Å². The van der Waals surface area contributed by atoms with Crippen molar-refractivity contribution in [3.05, 3.63) is 11.6 Å². The van der Waals surface area contributed by atoms with E-state index < -0.39 is 55.3 Å². The fourth-order valence-corrected chi connectivity index (χ4v) is 2.77. The number of aliphatic hydroxyl groups excluding tert-OH is 6. The van der Waals surface area contributed by atoms with Crippen LogP contribution in [0.2, 0.25) is 0 Å². The lowest BCUT2D eigenvalue weighted by Gasteiger charge is -2.42. The molecule has 1 aliphatic heterocycles. The Hall–Kier alpha value is -0.580. The first-order chi connectivity index (χ1) is 9.86. The van der Waals surface area contributed by atoms with Crippen LogP contribution in [0.3, 0.4) is 0 Å². The quantitative estimate of drug-likeness (QED) is 0.266. The number of hydrogen-bond acceptors (Lipinski definition) is 8. The Morgan fingerprint density at radius 1 is 1.14 bits per heavy atom. The third-order valence-electron chi connectivity index (χ3n) is 4.18. The van der Waals surface area contributed by atoms with Crippen LogP contribution in [0.5, 0.6) is 0 Å². The van der Waals surface area contributed by atoms with Crippen LogP contribution < -0.4 is 5.32 Å². The van der Waals surface area contributed by atoms with E-state index in [4.69, 9.17) is 4.74 Å². The Morgan fingerprint density at radius 3 is 2.43 bits per heavy atom. The lowest BCUT2D eigenvalue weighted by atomic mass is 9.86. The topological polar surface area (TPSA) is 143 Å². The van der Waals surface area contributed by atoms with E-state index >= 15 is 0 Å². The summed E-state index contributed by atoms with van der Waals surface area (Å²) in [7, 11) is 0. The zero-order valence-corrected chi connectivity index (χ0v) is 11.7. The molecule has 0 amide bonds. The zero-order chi connectivity index (χ0) is 15.7. The molecule has 0 unspecified atom stereocenters. The minimum Gasteiger partial charge on any atom is -0.392 e. The summed E-state index contributed by atoms with van der Waals surface area (Å²) in [6.45, 7) is 1.28. The lowest BCUT2D eigenvalue weighted by Crippen LogP contribution is -2.64. The molecule has 1 aliphatic carbocycles. The van der Waals surface area contributed by atoms with Crippen LogP contribution in [-0.4, -0.2) is 92.6 Å². The molecule has 0 aromatic carbocycles. The van der Waals surface area contributed by atoms with Crippen molar-refractivity contribution in [3.63, 3.8) is 0 Å². The van der Waals surface area contributed by atoms with E-state index in [9.17, 15) is 30.6 Å². The van der Waals surface area contributed by atoms with Crippen molar-refractivity contribution < 1.29 is 35.4 Å². The predicted octanol–water partition coefficient (Wildman–Crippen LogP) is -3.53. The Balaban J connectivity index is 2.15. The highest BCUT2D eigenvalue weighted by atomic mass is 16.5. The molecular weight excluding hydrogens is 282 g/mol. The van der Waals surface area contributed by atoms with E-state index in [1.807, 2.05) is 0 Å². The summed E-state index contributed by atoms with van der Waals surface area (Å²) in [5, 5.41) is 61.2. The van der Waals surface area contributed by atoms with E-state index in [0.717, 1.165) is 0 Å². The van der Waals surface area contributed by atoms with Gasteiger partial charge in [0.25, 0.3) is 0 Å². The smallest absolute Gasteiger partial charge is 0.111 e. The van der Waals surface area contributed by atoms with Gasteiger partial charge in [0.1, 0.15) is 24.4 Å². The molecule has 2 rings (SSSR count). The number of rotatable bonds is 3. The number of aliphatic hydroxyl groups is 6. The molecule has 0 radical (unpaired) electrons. The standard InChI is InChI=1S/C13H23NO7/c1-5-9(12(19)8(16)4-21-5)14-7-2-6(3-15)10(17)13(20)11(7)18/h2,5,7-20H,3-4H2,1H3/t5-,7-,8+,9-,10-,11+,12-,13+/m1/s1. The summed E-state index contributed by atoms with van der Waals surface area (Å²) >= 11 is 0. The summed E-state index contributed by atoms with van der Waals surface area (Å²) in [6, 6.07) is -1.45. The van der Waals surface area contributed by atoms with Gasteiger partial charge < -0.3 is 40.7 Å². The van der Waals surface area contributed by atoms with Crippen LogP contribution >= 0.6 is 0 Å². The Morgan fingerprint density at radius 2 is 1.81 bits per heavy atom. The third-order valence-corrected chi connectivity index (χ3v) is 4.18. The first kappa shape index (κ1) is 16.8. The minimum absolute atomic E-state index is 0.0206.